The number of carbonyl (C=O) groups is 2. The van der Waals surface area contributed by atoms with Gasteiger partial charge in [-0.05, 0) is 52.2 Å². The summed E-state index contributed by atoms with van der Waals surface area (Å²) in [4.78, 5) is 44.0. The van der Waals surface area contributed by atoms with Crippen LogP contribution in [0.25, 0.3) is 11.8 Å². The van der Waals surface area contributed by atoms with Gasteiger partial charge < -0.3 is 9.47 Å². The predicted octanol–water partition coefficient (Wildman–Crippen LogP) is 4.62. The Kier molecular flexibility index (Phi) is 7.72. The molecule has 3 aromatic carbocycles. The second-order valence-corrected chi connectivity index (χ2v) is 10.5. The molecule has 0 unspecified atom stereocenters. The van der Waals surface area contributed by atoms with E-state index in [0.29, 0.717) is 30.8 Å². The van der Waals surface area contributed by atoms with Crippen LogP contribution in [0, 0.1) is 0 Å². The molecule has 0 fully saturated rings. The number of nitrogens with zero attached hydrogens (tertiary/aromatic N) is 2. The minimum atomic E-state index is -0.725. The molecule has 0 radical (unpaired) electrons. The van der Waals surface area contributed by atoms with Gasteiger partial charge in [-0.2, -0.15) is 0 Å². The van der Waals surface area contributed by atoms with Crippen LogP contribution in [0.2, 0.25) is 0 Å². The molecule has 0 N–H and O–H groups in total. The van der Waals surface area contributed by atoms with E-state index in [1.54, 1.807) is 35.8 Å². The zero-order valence-corrected chi connectivity index (χ0v) is 23.5. The summed E-state index contributed by atoms with van der Waals surface area (Å²) in [6.07, 6.45) is 1.75. The van der Waals surface area contributed by atoms with Crippen molar-refractivity contribution in [2.75, 3.05) is 6.61 Å². The fourth-order valence-corrected chi connectivity index (χ4v) is 5.87. The fraction of sp³-hybridized carbons (Fsp3) is 0.133. The number of halogens is 1. The van der Waals surface area contributed by atoms with Crippen LogP contribution in [0.3, 0.4) is 0 Å². The fourth-order valence-electron chi connectivity index (χ4n) is 4.39. The number of fused-ring (bicyclic) bond motifs is 1. The standard InChI is InChI=1S/C30H23BrN2O5S/c1-3-37-29(36)25-26(20-10-6-4-7-11-20)32-30-33(27(25)21-12-8-5-9-13-21)28(35)24(39-30)17-19-14-15-23(22(31)16-19)38-18(2)34/h4-17,27H,3H2,1-2H3/b24-17-/t27-/m1/s1. The van der Waals surface area contributed by atoms with E-state index in [0.717, 1.165) is 16.7 Å². The van der Waals surface area contributed by atoms with Crippen molar-refractivity contribution >= 4 is 51.0 Å². The minimum absolute atomic E-state index is 0.189. The van der Waals surface area contributed by atoms with Gasteiger partial charge in [0, 0.05) is 12.5 Å². The first-order valence-electron chi connectivity index (χ1n) is 12.2. The number of esters is 2. The maximum absolute atomic E-state index is 13.9. The highest BCUT2D eigenvalue weighted by atomic mass is 79.9. The van der Waals surface area contributed by atoms with Gasteiger partial charge in [0.25, 0.3) is 5.56 Å². The number of benzene rings is 3. The highest BCUT2D eigenvalue weighted by Gasteiger charge is 2.35. The van der Waals surface area contributed by atoms with Crippen molar-refractivity contribution in [2.24, 2.45) is 4.99 Å². The van der Waals surface area contributed by atoms with Crippen molar-refractivity contribution in [1.82, 2.24) is 4.57 Å². The molecule has 7 nitrogen and oxygen atoms in total. The molecule has 1 atom stereocenters. The molecular formula is C30H23BrN2O5S. The third kappa shape index (κ3) is 5.41. The Labute approximate surface area is 236 Å². The summed E-state index contributed by atoms with van der Waals surface area (Å²) in [6.45, 7) is 3.27. The lowest BCUT2D eigenvalue weighted by atomic mass is 9.93. The summed E-state index contributed by atoms with van der Waals surface area (Å²) in [5, 5.41) is 0. The van der Waals surface area contributed by atoms with Gasteiger partial charge in [-0.15, -0.1) is 0 Å². The topological polar surface area (TPSA) is 87.0 Å². The summed E-state index contributed by atoms with van der Waals surface area (Å²) in [5.74, 6) is -0.561. The second kappa shape index (κ2) is 11.3. The molecule has 1 aliphatic heterocycles. The lowest BCUT2D eigenvalue weighted by Crippen LogP contribution is -2.39. The van der Waals surface area contributed by atoms with Gasteiger partial charge >= 0.3 is 11.9 Å². The molecule has 0 bridgehead atoms. The van der Waals surface area contributed by atoms with Crippen LogP contribution in [0.5, 0.6) is 5.75 Å². The van der Waals surface area contributed by atoms with Crippen molar-refractivity contribution in [2.45, 2.75) is 19.9 Å². The van der Waals surface area contributed by atoms with Gasteiger partial charge in [-0.25, -0.2) is 9.79 Å². The molecule has 0 spiro atoms. The monoisotopic (exact) mass is 602 g/mol. The molecule has 0 saturated carbocycles. The Morgan fingerprint density at radius 3 is 2.38 bits per heavy atom. The van der Waals surface area contributed by atoms with E-state index in [1.807, 2.05) is 60.7 Å². The Bertz CT molecular complexity index is 1780. The van der Waals surface area contributed by atoms with E-state index in [-0.39, 0.29) is 12.2 Å². The number of carbonyl (C=O) groups excluding carboxylic acids is 2. The molecule has 0 amide bonds. The summed E-state index contributed by atoms with van der Waals surface area (Å²) in [6, 6.07) is 23.3. The average Bonchev–Trinajstić information content (AvgIpc) is 3.24. The van der Waals surface area contributed by atoms with Crippen molar-refractivity contribution in [3.8, 4) is 5.75 Å². The van der Waals surface area contributed by atoms with Crippen LogP contribution >= 0.6 is 27.3 Å². The second-order valence-electron chi connectivity index (χ2n) is 8.63. The van der Waals surface area contributed by atoms with E-state index in [1.165, 1.54) is 18.3 Å². The van der Waals surface area contributed by atoms with Gasteiger partial charge in [0.15, 0.2) is 4.80 Å². The van der Waals surface area contributed by atoms with Crippen molar-refractivity contribution in [3.05, 3.63) is 125 Å². The summed E-state index contributed by atoms with van der Waals surface area (Å²) < 4.78 is 13.2. The maximum Gasteiger partial charge on any atom is 0.338 e. The highest BCUT2D eigenvalue weighted by Crippen LogP contribution is 2.35. The Balaban J connectivity index is 1.75. The van der Waals surface area contributed by atoms with E-state index in [9.17, 15) is 14.4 Å². The van der Waals surface area contributed by atoms with Gasteiger partial charge in [-0.3, -0.25) is 14.2 Å². The molecule has 1 aromatic heterocycles. The summed E-state index contributed by atoms with van der Waals surface area (Å²) >= 11 is 4.67. The molecule has 4 aromatic rings. The molecular weight excluding hydrogens is 580 g/mol. The third-order valence-corrected chi connectivity index (χ3v) is 7.60. The number of thiazole rings is 1. The summed E-state index contributed by atoms with van der Waals surface area (Å²) in [7, 11) is 0. The van der Waals surface area contributed by atoms with Crippen LogP contribution in [0.1, 0.15) is 36.6 Å². The molecule has 39 heavy (non-hydrogen) atoms. The normalized spacial score (nSPS) is 14.9. The molecule has 196 valence electrons. The molecule has 2 heterocycles. The largest absolute Gasteiger partial charge is 0.463 e. The van der Waals surface area contributed by atoms with Crippen LogP contribution in [-0.2, 0) is 14.3 Å². The zero-order chi connectivity index (χ0) is 27.5. The van der Waals surface area contributed by atoms with Gasteiger partial charge in [0.1, 0.15) is 5.75 Å². The van der Waals surface area contributed by atoms with E-state index in [4.69, 9.17) is 14.5 Å². The quantitative estimate of drug-likeness (QED) is 0.237. The first kappa shape index (κ1) is 26.5. The van der Waals surface area contributed by atoms with Crippen LogP contribution < -0.4 is 19.6 Å². The van der Waals surface area contributed by atoms with Crippen LogP contribution in [-0.4, -0.2) is 23.1 Å². The summed E-state index contributed by atoms with van der Waals surface area (Å²) in [5.41, 5.74) is 2.76. The minimum Gasteiger partial charge on any atom is -0.463 e. The van der Waals surface area contributed by atoms with Crippen molar-refractivity contribution in [1.29, 1.82) is 0 Å². The van der Waals surface area contributed by atoms with E-state index in [2.05, 4.69) is 15.9 Å². The molecule has 0 saturated heterocycles. The SMILES string of the molecule is CCOC(=O)C1=C(c2ccccc2)N=c2s/c(=C\c3ccc(OC(C)=O)c(Br)c3)c(=O)n2[C@@H]1c1ccccc1. The molecule has 5 rings (SSSR count). The molecule has 0 aliphatic carbocycles. The number of rotatable bonds is 6. The Hall–Kier alpha value is -4.08. The van der Waals surface area contributed by atoms with Gasteiger partial charge in [0.05, 0.1) is 32.9 Å². The van der Waals surface area contributed by atoms with Crippen LogP contribution in [0.15, 0.2) is 98.7 Å². The maximum atomic E-state index is 13.9. The number of aromatic nitrogens is 1. The molecule has 1 aliphatic rings. The first-order valence-corrected chi connectivity index (χ1v) is 13.8. The average molecular weight is 603 g/mol. The van der Waals surface area contributed by atoms with Crippen molar-refractivity contribution < 1.29 is 19.1 Å². The highest BCUT2D eigenvalue weighted by molar-refractivity contribution is 9.10. The number of ether oxygens (including phenoxy) is 2. The predicted molar refractivity (Wildman–Crippen MR) is 153 cm³/mol. The lowest BCUT2D eigenvalue weighted by Gasteiger charge is -2.25. The number of hydrogen-bond donors (Lipinski definition) is 0. The van der Waals surface area contributed by atoms with Gasteiger partial charge in [0.2, 0.25) is 0 Å². The van der Waals surface area contributed by atoms with E-state index >= 15 is 0 Å². The lowest BCUT2D eigenvalue weighted by molar-refractivity contribution is -0.139. The smallest absolute Gasteiger partial charge is 0.338 e. The Morgan fingerprint density at radius 2 is 1.74 bits per heavy atom. The number of hydrogen-bond acceptors (Lipinski definition) is 7. The van der Waals surface area contributed by atoms with Crippen LogP contribution in [0.4, 0.5) is 0 Å². The van der Waals surface area contributed by atoms with E-state index < -0.39 is 18.0 Å². The van der Waals surface area contributed by atoms with Gasteiger partial charge in [-0.1, -0.05) is 78.1 Å². The zero-order valence-electron chi connectivity index (χ0n) is 21.1. The first-order chi connectivity index (χ1) is 18.9. The Morgan fingerprint density at radius 1 is 1.05 bits per heavy atom. The molecule has 9 heteroatoms. The third-order valence-electron chi connectivity index (χ3n) is 6.00. The van der Waals surface area contributed by atoms with Crippen molar-refractivity contribution in [3.63, 3.8) is 0 Å².